The van der Waals surface area contributed by atoms with Gasteiger partial charge in [0.05, 0.1) is 0 Å². The van der Waals surface area contributed by atoms with Crippen LogP contribution in [-0.4, -0.2) is 13.1 Å². The first-order chi connectivity index (χ1) is 8.45. The number of rotatable bonds is 4. The van der Waals surface area contributed by atoms with E-state index in [0.29, 0.717) is 0 Å². The summed E-state index contributed by atoms with van der Waals surface area (Å²) in [4.78, 5) is 0. The average Bonchev–Trinajstić information content (AvgIpc) is 2.33. The van der Waals surface area contributed by atoms with Crippen molar-refractivity contribution in [3.63, 3.8) is 0 Å². The topological polar surface area (TPSA) is 12.0 Å². The Hall–Kier alpha value is -0.300. The molecule has 1 heteroatoms. The monoisotopic (exact) mass is 235 g/mol. The van der Waals surface area contributed by atoms with Crippen LogP contribution in [0.5, 0.6) is 0 Å². The minimum Gasteiger partial charge on any atom is -0.316 e. The summed E-state index contributed by atoms with van der Waals surface area (Å²) in [5.74, 6) is 1.88. The molecule has 2 rings (SSSR count). The molecule has 2 aliphatic rings. The Balaban J connectivity index is 1.58. The Morgan fingerprint density at radius 3 is 2.18 bits per heavy atom. The minimum atomic E-state index is 0.911. The molecule has 98 valence electrons. The molecule has 0 heterocycles. The molecule has 0 aromatic rings. The summed E-state index contributed by atoms with van der Waals surface area (Å²) in [5.41, 5.74) is 0. The lowest BCUT2D eigenvalue weighted by molar-refractivity contribution is 0.344. The van der Waals surface area contributed by atoms with Crippen LogP contribution in [-0.2, 0) is 0 Å². The van der Waals surface area contributed by atoms with Crippen LogP contribution < -0.4 is 5.32 Å². The molecule has 0 amide bonds. The normalized spacial score (nSPS) is 27.6. The third-order valence-corrected chi connectivity index (χ3v) is 4.47. The van der Waals surface area contributed by atoms with E-state index in [-0.39, 0.29) is 0 Å². The quantitative estimate of drug-likeness (QED) is 0.717. The first kappa shape index (κ1) is 13.1. The predicted molar refractivity (Wildman–Crippen MR) is 75.2 cm³/mol. The number of hydrogen-bond donors (Lipinski definition) is 1. The molecule has 0 radical (unpaired) electrons. The first-order valence-corrected chi connectivity index (χ1v) is 7.81. The summed E-state index contributed by atoms with van der Waals surface area (Å²) in [7, 11) is 0. The van der Waals surface area contributed by atoms with Crippen molar-refractivity contribution in [2.75, 3.05) is 13.1 Å². The van der Waals surface area contributed by atoms with Gasteiger partial charge in [0.1, 0.15) is 0 Å². The molecule has 1 unspecified atom stereocenters. The van der Waals surface area contributed by atoms with Gasteiger partial charge >= 0.3 is 0 Å². The molecule has 1 fully saturated rings. The molecule has 2 aliphatic carbocycles. The van der Waals surface area contributed by atoms with Crippen molar-refractivity contribution < 1.29 is 0 Å². The number of allylic oxidation sites excluding steroid dienone is 2. The van der Waals surface area contributed by atoms with E-state index in [1.54, 1.807) is 0 Å². The highest BCUT2D eigenvalue weighted by atomic mass is 14.9. The van der Waals surface area contributed by atoms with Crippen LogP contribution in [0.25, 0.3) is 0 Å². The fraction of sp³-hybridized carbons (Fsp3) is 0.875. The van der Waals surface area contributed by atoms with Crippen LogP contribution in [0.1, 0.15) is 64.2 Å². The van der Waals surface area contributed by atoms with Gasteiger partial charge in [0.15, 0.2) is 0 Å². The van der Waals surface area contributed by atoms with Crippen LogP contribution in [0.2, 0.25) is 0 Å². The minimum absolute atomic E-state index is 0.911. The van der Waals surface area contributed by atoms with E-state index in [9.17, 15) is 0 Å². The average molecular weight is 235 g/mol. The molecule has 0 aromatic heterocycles. The molecule has 1 saturated carbocycles. The Labute approximate surface area is 107 Å². The van der Waals surface area contributed by atoms with E-state index in [4.69, 9.17) is 0 Å². The molecular weight excluding hydrogens is 206 g/mol. The summed E-state index contributed by atoms with van der Waals surface area (Å²) >= 11 is 0. The van der Waals surface area contributed by atoms with Gasteiger partial charge in [-0.25, -0.2) is 0 Å². The second kappa shape index (κ2) is 7.92. The standard InChI is InChI=1S/C16H29N/c1-2-5-9-15(10-6-3-1)13-17-14-16-11-7-4-8-12-16/h4,7,15-17H,1-3,5-6,8-14H2. The fourth-order valence-corrected chi connectivity index (χ4v) is 3.28. The van der Waals surface area contributed by atoms with Crippen molar-refractivity contribution in [1.29, 1.82) is 0 Å². The highest BCUT2D eigenvalue weighted by molar-refractivity contribution is 4.90. The number of hydrogen-bond acceptors (Lipinski definition) is 1. The largest absolute Gasteiger partial charge is 0.316 e. The highest BCUT2D eigenvalue weighted by Crippen LogP contribution is 2.22. The highest BCUT2D eigenvalue weighted by Gasteiger charge is 2.13. The lowest BCUT2D eigenvalue weighted by Crippen LogP contribution is -2.29. The molecule has 0 aliphatic heterocycles. The molecule has 1 nitrogen and oxygen atoms in total. The summed E-state index contributed by atoms with van der Waals surface area (Å²) in [5, 5.41) is 3.74. The fourth-order valence-electron chi connectivity index (χ4n) is 3.28. The van der Waals surface area contributed by atoms with Gasteiger partial charge < -0.3 is 5.32 Å². The van der Waals surface area contributed by atoms with Gasteiger partial charge in [-0.05, 0) is 57.0 Å². The molecule has 0 aromatic carbocycles. The van der Waals surface area contributed by atoms with E-state index in [0.717, 1.165) is 11.8 Å². The lowest BCUT2D eigenvalue weighted by atomic mass is 9.90. The third kappa shape index (κ3) is 5.25. The van der Waals surface area contributed by atoms with Crippen molar-refractivity contribution in [2.24, 2.45) is 11.8 Å². The van der Waals surface area contributed by atoms with Gasteiger partial charge in [-0.1, -0.05) is 44.3 Å². The Morgan fingerprint density at radius 1 is 0.765 bits per heavy atom. The summed E-state index contributed by atoms with van der Waals surface area (Å²) < 4.78 is 0. The molecule has 0 spiro atoms. The van der Waals surface area contributed by atoms with E-state index in [2.05, 4.69) is 17.5 Å². The van der Waals surface area contributed by atoms with Crippen molar-refractivity contribution in [3.05, 3.63) is 12.2 Å². The van der Waals surface area contributed by atoms with Gasteiger partial charge in [0.2, 0.25) is 0 Å². The van der Waals surface area contributed by atoms with E-state index >= 15 is 0 Å². The number of nitrogens with one attached hydrogen (secondary N) is 1. The lowest BCUT2D eigenvalue weighted by Gasteiger charge is -2.23. The summed E-state index contributed by atoms with van der Waals surface area (Å²) in [6.45, 7) is 2.53. The van der Waals surface area contributed by atoms with E-state index < -0.39 is 0 Å². The zero-order valence-corrected chi connectivity index (χ0v) is 11.3. The maximum Gasteiger partial charge on any atom is -0.00173 e. The summed E-state index contributed by atoms with van der Waals surface area (Å²) in [6.07, 6.45) is 19.0. The van der Waals surface area contributed by atoms with Crippen molar-refractivity contribution in [3.8, 4) is 0 Å². The molecule has 1 N–H and O–H groups in total. The molecule has 1 atom stereocenters. The Kier molecular flexibility index (Phi) is 6.12. The zero-order valence-electron chi connectivity index (χ0n) is 11.3. The first-order valence-electron chi connectivity index (χ1n) is 7.81. The predicted octanol–water partition coefficient (Wildman–Crippen LogP) is 4.29. The van der Waals surface area contributed by atoms with Gasteiger partial charge in [-0.3, -0.25) is 0 Å². The molecule has 0 bridgehead atoms. The third-order valence-electron chi connectivity index (χ3n) is 4.47. The van der Waals surface area contributed by atoms with Crippen LogP contribution >= 0.6 is 0 Å². The molecular formula is C16H29N. The second-order valence-electron chi connectivity index (χ2n) is 6.02. The van der Waals surface area contributed by atoms with E-state index in [1.807, 2.05) is 0 Å². The summed E-state index contributed by atoms with van der Waals surface area (Å²) in [6, 6.07) is 0. The zero-order chi connectivity index (χ0) is 11.8. The SMILES string of the molecule is C1=CCC(CNCC2CCCCCCC2)CC1. The Morgan fingerprint density at radius 2 is 1.47 bits per heavy atom. The van der Waals surface area contributed by atoms with Crippen molar-refractivity contribution in [2.45, 2.75) is 64.2 Å². The maximum absolute atomic E-state index is 3.74. The van der Waals surface area contributed by atoms with E-state index in [1.165, 1.54) is 77.3 Å². The van der Waals surface area contributed by atoms with Crippen LogP contribution in [0.15, 0.2) is 12.2 Å². The van der Waals surface area contributed by atoms with Gasteiger partial charge in [0.25, 0.3) is 0 Å². The van der Waals surface area contributed by atoms with Crippen molar-refractivity contribution in [1.82, 2.24) is 5.32 Å². The van der Waals surface area contributed by atoms with Crippen LogP contribution in [0.4, 0.5) is 0 Å². The van der Waals surface area contributed by atoms with Crippen LogP contribution in [0, 0.1) is 11.8 Å². The Bertz CT molecular complexity index is 214. The molecule has 0 saturated heterocycles. The van der Waals surface area contributed by atoms with Gasteiger partial charge in [-0.15, -0.1) is 0 Å². The van der Waals surface area contributed by atoms with Gasteiger partial charge in [-0.2, -0.15) is 0 Å². The van der Waals surface area contributed by atoms with Crippen molar-refractivity contribution >= 4 is 0 Å². The maximum atomic E-state index is 3.74. The van der Waals surface area contributed by atoms with Gasteiger partial charge in [0, 0.05) is 0 Å². The molecule has 17 heavy (non-hydrogen) atoms. The smallest absolute Gasteiger partial charge is 0.00173 e. The second-order valence-corrected chi connectivity index (χ2v) is 6.02. The van der Waals surface area contributed by atoms with Crippen LogP contribution in [0.3, 0.4) is 0 Å².